The summed E-state index contributed by atoms with van der Waals surface area (Å²) >= 11 is 5.36. The number of thioether (sulfide) groups is 1. The zero-order chi connectivity index (χ0) is 17.3. The van der Waals surface area contributed by atoms with Crippen LogP contribution in [0.25, 0.3) is 0 Å². The van der Waals surface area contributed by atoms with Gasteiger partial charge in [-0.3, -0.25) is 4.99 Å². The Morgan fingerprint density at radius 3 is 2.85 bits per heavy atom. The summed E-state index contributed by atoms with van der Waals surface area (Å²) in [6.07, 6.45) is 5.26. The van der Waals surface area contributed by atoms with Crippen molar-refractivity contribution in [3.63, 3.8) is 0 Å². The molecule has 1 saturated heterocycles. The number of thiophene rings is 1. The number of aliphatic imine (C=N–C) groups is 1. The minimum Gasteiger partial charge on any atom is -0.363 e. The van der Waals surface area contributed by atoms with E-state index in [9.17, 15) is 0 Å². The van der Waals surface area contributed by atoms with Crippen LogP contribution in [0.3, 0.4) is 0 Å². The van der Waals surface area contributed by atoms with Gasteiger partial charge >= 0.3 is 0 Å². The third-order valence-corrected chi connectivity index (χ3v) is 7.11. The highest BCUT2D eigenvalue weighted by molar-refractivity contribution is 14.0. The Kier molecular flexibility index (Phi) is 10.1. The standard InChI is InChI=1S/C17H25N5S3.HI/c1-18-16(19-7-3-12-24-17-20-8-13-25-17)21-14-5-9-22(10-6-14)15-4-2-11-23-15;/h2,4,8,11,13-14H,3,5-7,9-10,12H2,1H3,(H2,18,19,21);1H. The number of nitrogens with zero attached hydrogens (tertiary/aromatic N) is 3. The summed E-state index contributed by atoms with van der Waals surface area (Å²) in [7, 11) is 1.85. The van der Waals surface area contributed by atoms with Gasteiger partial charge in [0.05, 0.1) is 5.00 Å². The first kappa shape index (κ1) is 21.8. The summed E-state index contributed by atoms with van der Waals surface area (Å²) in [6.45, 7) is 3.16. The Hall–Kier alpha value is -0.520. The number of anilines is 1. The molecule has 0 aliphatic carbocycles. The SMILES string of the molecule is CN=C(NCCCSc1nccs1)NC1CCN(c2cccs2)CC1.I. The highest BCUT2D eigenvalue weighted by Crippen LogP contribution is 2.24. The van der Waals surface area contributed by atoms with E-state index in [2.05, 4.69) is 43.0 Å². The molecule has 0 saturated carbocycles. The average Bonchev–Trinajstić information content (AvgIpc) is 3.35. The zero-order valence-corrected chi connectivity index (χ0v) is 19.7. The lowest BCUT2D eigenvalue weighted by Gasteiger charge is -2.33. The van der Waals surface area contributed by atoms with Gasteiger partial charge in [0.25, 0.3) is 0 Å². The number of thiazole rings is 1. The molecule has 0 bridgehead atoms. The first-order valence-electron chi connectivity index (χ1n) is 8.63. The molecule has 0 radical (unpaired) electrons. The van der Waals surface area contributed by atoms with Crippen molar-refractivity contribution in [2.45, 2.75) is 29.6 Å². The number of nitrogens with one attached hydrogen (secondary N) is 2. The van der Waals surface area contributed by atoms with Crippen LogP contribution in [0.2, 0.25) is 0 Å². The molecular formula is C17H26IN5S3. The molecule has 5 nitrogen and oxygen atoms in total. The van der Waals surface area contributed by atoms with E-state index in [1.54, 1.807) is 11.3 Å². The Labute approximate surface area is 185 Å². The molecule has 2 aromatic heterocycles. The third-order valence-electron chi connectivity index (χ3n) is 4.13. The zero-order valence-electron chi connectivity index (χ0n) is 14.9. The van der Waals surface area contributed by atoms with Gasteiger partial charge in [0.15, 0.2) is 5.96 Å². The van der Waals surface area contributed by atoms with E-state index in [1.165, 1.54) is 5.00 Å². The number of hydrogen-bond acceptors (Lipinski definition) is 6. The highest BCUT2D eigenvalue weighted by Gasteiger charge is 2.20. The normalized spacial score (nSPS) is 15.6. The predicted octanol–water partition coefficient (Wildman–Crippen LogP) is 4.14. The molecule has 2 aromatic rings. The first-order chi connectivity index (χ1) is 12.3. The summed E-state index contributed by atoms with van der Waals surface area (Å²) in [6, 6.07) is 4.85. The summed E-state index contributed by atoms with van der Waals surface area (Å²) in [4.78, 5) is 11.1. The molecule has 1 aliphatic rings. The van der Waals surface area contributed by atoms with E-state index in [-0.39, 0.29) is 24.0 Å². The van der Waals surface area contributed by atoms with E-state index in [0.29, 0.717) is 6.04 Å². The molecule has 0 unspecified atom stereocenters. The largest absolute Gasteiger partial charge is 0.363 e. The lowest BCUT2D eigenvalue weighted by molar-refractivity contribution is 0.463. The van der Waals surface area contributed by atoms with Crippen LogP contribution in [0.5, 0.6) is 0 Å². The van der Waals surface area contributed by atoms with Gasteiger partial charge in [0.2, 0.25) is 0 Å². The molecule has 0 spiro atoms. The molecule has 0 atom stereocenters. The van der Waals surface area contributed by atoms with Crippen LogP contribution in [0.15, 0.2) is 38.4 Å². The van der Waals surface area contributed by atoms with Crippen molar-refractivity contribution in [1.82, 2.24) is 15.6 Å². The Morgan fingerprint density at radius 1 is 1.35 bits per heavy atom. The summed E-state index contributed by atoms with van der Waals surface area (Å²) in [5.74, 6) is 2.00. The first-order valence-corrected chi connectivity index (χ1v) is 11.4. The van der Waals surface area contributed by atoms with Gasteiger partial charge in [-0.25, -0.2) is 4.98 Å². The third kappa shape index (κ3) is 6.90. The van der Waals surface area contributed by atoms with Gasteiger partial charge in [0, 0.05) is 50.1 Å². The van der Waals surface area contributed by atoms with Gasteiger partial charge in [-0.1, -0.05) is 11.8 Å². The number of aromatic nitrogens is 1. The second-order valence-electron chi connectivity index (χ2n) is 5.86. The van der Waals surface area contributed by atoms with Gasteiger partial charge in [0.1, 0.15) is 4.34 Å². The lowest BCUT2D eigenvalue weighted by Crippen LogP contribution is -2.48. The van der Waals surface area contributed by atoms with Crippen LogP contribution in [0.1, 0.15) is 19.3 Å². The summed E-state index contributed by atoms with van der Waals surface area (Å²) in [5, 5.41) is 12.6. The predicted molar refractivity (Wildman–Crippen MR) is 127 cm³/mol. The van der Waals surface area contributed by atoms with Crippen LogP contribution < -0.4 is 15.5 Å². The Balaban J connectivity index is 0.00000243. The van der Waals surface area contributed by atoms with E-state index in [4.69, 9.17) is 0 Å². The van der Waals surface area contributed by atoms with E-state index in [0.717, 1.165) is 54.9 Å². The minimum absolute atomic E-state index is 0. The van der Waals surface area contributed by atoms with Crippen molar-refractivity contribution >= 4 is 69.4 Å². The fourth-order valence-corrected chi connectivity index (χ4v) is 5.23. The number of rotatable bonds is 7. The summed E-state index contributed by atoms with van der Waals surface area (Å²) < 4.78 is 1.15. The fraction of sp³-hybridized carbons (Fsp3) is 0.529. The van der Waals surface area contributed by atoms with Crippen LogP contribution in [-0.4, -0.2) is 49.4 Å². The van der Waals surface area contributed by atoms with Crippen LogP contribution in [0, 0.1) is 0 Å². The minimum atomic E-state index is 0. The number of guanidine groups is 1. The molecule has 26 heavy (non-hydrogen) atoms. The average molecular weight is 524 g/mol. The van der Waals surface area contributed by atoms with E-state index < -0.39 is 0 Å². The van der Waals surface area contributed by atoms with Gasteiger partial charge in [-0.05, 0) is 36.8 Å². The van der Waals surface area contributed by atoms with Crippen molar-refractivity contribution in [2.75, 3.05) is 37.3 Å². The molecule has 3 rings (SSSR count). The molecule has 1 fully saturated rings. The monoisotopic (exact) mass is 523 g/mol. The Morgan fingerprint density at radius 2 is 2.19 bits per heavy atom. The van der Waals surface area contributed by atoms with Gasteiger partial charge in [-0.15, -0.1) is 46.7 Å². The molecule has 0 amide bonds. The molecule has 144 valence electrons. The quantitative estimate of drug-likeness (QED) is 0.188. The smallest absolute Gasteiger partial charge is 0.191 e. The van der Waals surface area contributed by atoms with Crippen molar-refractivity contribution in [2.24, 2.45) is 4.99 Å². The van der Waals surface area contributed by atoms with E-state index >= 15 is 0 Å². The second kappa shape index (κ2) is 12.0. The second-order valence-corrected chi connectivity index (χ2v) is 9.02. The Bertz CT molecular complexity index is 625. The lowest BCUT2D eigenvalue weighted by atomic mass is 10.1. The maximum atomic E-state index is 4.36. The van der Waals surface area contributed by atoms with Gasteiger partial charge < -0.3 is 15.5 Å². The van der Waals surface area contributed by atoms with Crippen LogP contribution >= 0.6 is 58.4 Å². The van der Waals surface area contributed by atoms with Gasteiger partial charge in [-0.2, -0.15) is 0 Å². The number of halogens is 1. The molecule has 9 heteroatoms. The number of hydrogen-bond donors (Lipinski definition) is 2. The fourth-order valence-electron chi connectivity index (χ4n) is 2.80. The maximum absolute atomic E-state index is 4.36. The number of piperidine rings is 1. The van der Waals surface area contributed by atoms with Crippen molar-refractivity contribution < 1.29 is 0 Å². The molecule has 2 N–H and O–H groups in total. The highest BCUT2D eigenvalue weighted by atomic mass is 127. The molecule has 1 aliphatic heterocycles. The molecule has 0 aromatic carbocycles. The van der Waals surface area contributed by atoms with E-state index in [1.807, 2.05) is 41.7 Å². The van der Waals surface area contributed by atoms with Crippen LogP contribution in [-0.2, 0) is 0 Å². The van der Waals surface area contributed by atoms with Crippen LogP contribution in [0.4, 0.5) is 5.00 Å². The van der Waals surface area contributed by atoms with Crippen molar-refractivity contribution in [3.05, 3.63) is 29.1 Å². The molecular weight excluding hydrogens is 497 g/mol. The topological polar surface area (TPSA) is 52.6 Å². The van der Waals surface area contributed by atoms with Crippen molar-refractivity contribution in [3.8, 4) is 0 Å². The van der Waals surface area contributed by atoms with Crippen molar-refractivity contribution in [1.29, 1.82) is 0 Å². The molecule has 3 heterocycles. The summed E-state index contributed by atoms with van der Waals surface area (Å²) in [5.41, 5.74) is 0. The maximum Gasteiger partial charge on any atom is 0.191 e.